The van der Waals surface area contributed by atoms with Crippen molar-refractivity contribution in [3.05, 3.63) is 88.5 Å². The molecule has 3 aromatic carbocycles. The summed E-state index contributed by atoms with van der Waals surface area (Å²) in [6, 6.07) is 20.4. The summed E-state index contributed by atoms with van der Waals surface area (Å²) in [5, 5.41) is 9.66. The number of hydrogen-bond acceptors (Lipinski definition) is 3. The molecule has 5 N–H and O–H groups in total. The minimum absolute atomic E-state index is 0.229. The molecule has 3 heteroatoms. The fourth-order valence-electron chi connectivity index (χ4n) is 4.22. The van der Waals surface area contributed by atoms with Crippen LogP contribution >= 0.6 is 0 Å². The minimum atomic E-state index is 0.229. The summed E-state index contributed by atoms with van der Waals surface area (Å²) in [6.45, 7) is 2.11. The second-order valence-electron chi connectivity index (χ2n) is 7.26. The number of nitrogens with two attached hydrogens (primary N) is 2. The topological polar surface area (TPSA) is 72.3 Å². The molecule has 3 nitrogen and oxygen atoms in total. The Hall–Kier alpha value is -2.94. The maximum Gasteiger partial charge on any atom is 0.115 e. The van der Waals surface area contributed by atoms with Crippen molar-refractivity contribution in [1.29, 1.82) is 0 Å². The number of fused-ring (bicyclic) bond motifs is 1. The van der Waals surface area contributed by atoms with E-state index in [9.17, 15) is 5.11 Å². The average molecular weight is 344 g/mol. The number of nitrogen functional groups attached to an aromatic ring is 2. The third-order valence-electron chi connectivity index (χ3n) is 5.63. The van der Waals surface area contributed by atoms with Gasteiger partial charge in [-0.3, -0.25) is 0 Å². The van der Waals surface area contributed by atoms with E-state index in [-0.39, 0.29) is 5.92 Å². The van der Waals surface area contributed by atoms with E-state index in [0.29, 0.717) is 17.4 Å². The third kappa shape index (κ3) is 2.80. The number of anilines is 2. The van der Waals surface area contributed by atoms with Gasteiger partial charge in [-0.15, -0.1) is 0 Å². The van der Waals surface area contributed by atoms with E-state index in [0.717, 1.165) is 18.5 Å². The lowest BCUT2D eigenvalue weighted by molar-refractivity contribution is 0.473. The van der Waals surface area contributed by atoms with Crippen molar-refractivity contribution in [1.82, 2.24) is 0 Å². The van der Waals surface area contributed by atoms with Gasteiger partial charge in [0.1, 0.15) is 5.75 Å². The van der Waals surface area contributed by atoms with Gasteiger partial charge in [-0.1, -0.05) is 48.0 Å². The van der Waals surface area contributed by atoms with Crippen LogP contribution in [0.15, 0.2) is 60.7 Å². The molecule has 2 unspecified atom stereocenters. The van der Waals surface area contributed by atoms with E-state index in [1.165, 1.54) is 27.8 Å². The van der Waals surface area contributed by atoms with Gasteiger partial charge in [0, 0.05) is 5.92 Å². The lowest BCUT2D eigenvalue weighted by atomic mass is 9.69. The summed E-state index contributed by atoms with van der Waals surface area (Å²) in [5.41, 5.74) is 20.0. The maximum atomic E-state index is 9.66. The van der Waals surface area contributed by atoms with E-state index >= 15 is 0 Å². The molecule has 0 radical (unpaired) electrons. The molecule has 1 aliphatic rings. The van der Waals surface area contributed by atoms with E-state index in [2.05, 4.69) is 37.3 Å². The molecule has 0 amide bonds. The first kappa shape index (κ1) is 16.5. The van der Waals surface area contributed by atoms with Crippen molar-refractivity contribution >= 4 is 11.4 Å². The van der Waals surface area contributed by atoms with Crippen molar-refractivity contribution in [2.24, 2.45) is 0 Å². The molecule has 132 valence electrons. The van der Waals surface area contributed by atoms with Gasteiger partial charge in [0.25, 0.3) is 0 Å². The molecule has 0 saturated heterocycles. The van der Waals surface area contributed by atoms with E-state index in [1.54, 1.807) is 12.1 Å². The van der Waals surface area contributed by atoms with Crippen LogP contribution in [0.1, 0.15) is 46.1 Å². The summed E-state index contributed by atoms with van der Waals surface area (Å²) in [5.74, 6) is 0.870. The Bertz CT molecular complexity index is 930. The summed E-state index contributed by atoms with van der Waals surface area (Å²) in [7, 11) is 0. The molecule has 1 aliphatic carbocycles. The van der Waals surface area contributed by atoms with Gasteiger partial charge < -0.3 is 16.6 Å². The summed E-state index contributed by atoms with van der Waals surface area (Å²) >= 11 is 0. The van der Waals surface area contributed by atoms with Crippen LogP contribution in [-0.2, 0) is 6.42 Å². The predicted octanol–water partition coefficient (Wildman–Crippen LogP) is 4.73. The smallest absolute Gasteiger partial charge is 0.115 e. The average Bonchev–Trinajstić information content (AvgIpc) is 2.65. The SMILES string of the molecule is Cc1ccc(C2c3ccc(N)c(N)c3CCC2c2ccc(O)cc2)cc1. The first-order valence-electron chi connectivity index (χ1n) is 9.07. The van der Waals surface area contributed by atoms with Crippen LogP contribution in [0.2, 0.25) is 0 Å². The van der Waals surface area contributed by atoms with Gasteiger partial charge in [-0.2, -0.15) is 0 Å². The quantitative estimate of drug-likeness (QED) is 0.589. The largest absolute Gasteiger partial charge is 0.508 e. The molecule has 0 bridgehead atoms. The van der Waals surface area contributed by atoms with Gasteiger partial charge in [0.05, 0.1) is 11.4 Å². The van der Waals surface area contributed by atoms with E-state index in [1.807, 2.05) is 18.2 Å². The first-order valence-corrected chi connectivity index (χ1v) is 9.07. The Morgan fingerprint density at radius 3 is 2.19 bits per heavy atom. The second-order valence-corrected chi connectivity index (χ2v) is 7.26. The first-order chi connectivity index (χ1) is 12.5. The molecule has 4 rings (SSSR count). The number of aryl methyl sites for hydroxylation is 1. The summed E-state index contributed by atoms with van der Waals surface area (Å²) in [4.78, 5) is 0. The van der Waals surface area contributed by atoms with Gasteiger partial charge in [0.2, 0.25) is 0 Å². The Balaban J connectivity index is 1.87. The van der Waals surface area contributed by atoms with Gasteiger partial charge in [0.15, 0.2) is 0 Å². The Morgan fingerprint density at radius 2 is 1.50 bits per heavy atom. The van der Waals surface area contributed by atoms with Crippen LogP contribution in [0.25, 0.3) is 0 Å². The number of rotatable bonds is 2. The number of phenols is 1. The lowest BCUT2D eigenvalue weighted by Crippen LogP contribution is -2.22. The van der Waals surface area contributed by atoms with Crippen LogP contribution < -0.4 is 11.5 Å². The van der Waals surface area contributed by atoms with Crippen LogP contribution in [0.5, 0.6) is 5.75 Å². The number of phenolic OH excluding ortho intramolecular Hbond substituents is 1. The molecule has 3 aromatic rings. The molecule has 26 heavy (non-hydrogen) atoms. The normalized spacial score (nSPS) is 19.1. The van der Waals surface area contributed by atoms with Gasteiger partial charge >= 0.3 is 0 Å². The van der Waals surface area contributed by atoms with Crippen molar-refractivity contribution < 1.29 is 5.11 Å². The third-order valence-corrected chi connectivity index (χ3v) is 5.63. The van der Waals surface area contributed by atoms with Gasteiger partial charge in [-0.25, -0.2) is 0 Å². The van der Waals surface area contributed by atoms with E-state index < -0.39 is 0 Å². The molecule has 0 spiro atoms. The molecular formula is C23H24N2O. The number of benzene rings is 3. The van der Waals surface area contributed by atoms with Crippen LogP contribution in [-0.4, -0.2) is 5.11 Å². The monoisotopic (exact) mass is 344 g/mol. The molecule has 0 heterocycles. The predicted molar refractivity (Wildman–Crippen MR) is 107 cm³/mol. The molecular weight excluding hydrogens is 320 g/mol. The van der Waals surface area contributed by atoms with Crippen LogP contribution in [0.3, 0.4) is 0 Å². The lowest BCUT2D eigenvalue weighted by Gasteiger charge is -2.35. The number of aromatic hydroxyl groups is 1. The zero-order valence-electron chi connectivity index (χ0n) is 14.9. The Labute approximate surface area is 154 Å². The highest BCUT2D eigenvalue weighted by molar-refractivity contribution is 5.71. The molecule has 0 saturated carbocycles. The molecule has 0 aromatic heterocycles. The van der Waals surface area contributed by atoms with Crippen LogP contribution in [0.4, 0.5) is 11.4 Å². The fourth-order valence-corrected chi connectivity index (χ4v) is 4.22. The van der Waals surface area contributed by atoms with Gasteiger partial charge in [-0.05, 0) is 66.1 Å². The standard InChI is InChI=1S/C23H24N2O/c1-14-2-4-16(5-3-14)22-18(15-6-8-17(26)9-7-15)10-11-20-19(22)12-13-21(24)23(20)25/h2-9,12-13,18,22,26H,10-11,24-25H2,1H3. The molecule has 2 atom stereocenters. The van der Waals surface area contributed by atoms with Crippen LogP contribution in [0, 0.1) is 6.92 Å². The van der Waals surface area contributed by atoms with Crippen molar-refractivity contribution in [2.45, 2.75) is 31.6 Å². The maximum absolute atomic E-state index is 9.66. The fraction of sp³-hybridized carbons (Fsp3) is 0.217. The van der Waals surface area contributed by atoms with Crippen molar-refractivity contribution in [3.63, 3.8) is 0 Å². The Morgan fingerprint density at radius 1 is 0.846 bits per heavy atom. The van der Waals surface area contributed by atoms with E-state index in [4.69, 9.17) is 11.5 Å². The molecule has 0 fully saturated rings. The number of hydrogen-bond donors (Lipinski definition) is 3. The second kappa shape index (κ2) is 6.41. The highest BCUT2D eigenvalue weighted by Gasteiger charge is 2.33. The zero-order valence-corrected chi connectivity index (χ0v) is 14.9. The van der Waals surface area contributed by atoms with Crippen molar-refractivity contribution in [3.8, 4) is 5.75 Å². The summed E-state index contributed by atoms with van der Waals surface area (Å²) in [6.07, 6.45) is 1.92. The van der Waals surface area contributed by atoms with Crippen molar-refractivity contribution in [2.75, 3.05) is 11.5 Å². The highest BCUT2D eigenvalue weighted by atomic mass is 16.3. The Kier molecular flexibility index (Phi) is 4.08. The zero-order chi connectivity index (χ0) is 18.3. The minimum Gasteiger partial charge on any atom is -0.508 e. The molecule has 0 aliphatic heterocycles. The highest BCUT2D eigenvalue weighted by Crippen LogP contribution is 2.48. The summed E-state index contributed by atoms with van der Waals surface area (Å²) < 4.78 is 0.